The fourth-order valence-corrected chi connectivity index (χ4v) is 5.74. The van der Waals surface area contributed by atoms with Crippen molar-refractivity contribution in [3.63, 3.8) is 0 Å². The molecule has 2 heterocycles. The highest BCUT2D eigenvalue weighted by molar-refractivity contribution is 5.88. The van der Waals surface area contributed by atoms with Crippen LogP contribution in [0.4, 0.5) is 11.4 Å². The number of para-hydroxylation sites is 3. The van der Waals surface area contributed by atoms with Crippen LogP contribution in [0.1, 0.15) is 17.0 Å². The first kappa shape index (κ1) is 18.5. The predicted molar refractivity (Wildman–Crippen MR) is 138 cm³/mol. The molecule has 0 radical (unpaired) electrons. The number of aromatic nitrogens is 1. The van der Waals surface area contributed by atoms with Crippen molar-refractivity contribution in [3.8, 4) is 5.69 Å². The summed E-state index contributed by atoms with van der Waals surface area (Å²) in [6.45, 7) is 2.18. The third-order valence-corrected chi connectivity index (χ3v) is 7.15. The van der Waals surface area contributed by atoms with Crippen molar-refractivity contribution >= 4 is 34.4 Å². The monoisotopic (exact) mass is 424 g/mol. The lowest BCUT2D eigenvalue weighted by Crippen LogP contribution is -2.39. The highest BCUT2D eigenvalue weighted by atomic mass is 15.2. The van der Waals surface area contributed by atoms with Crippen LogP contribution in [0.15, 0.2) is 103 Å². The molecule has 0 N–H and O–H groups in total. The van der Waals surface area contributed by atoms with Crippen molar-refractivity contribution in [3.05, 3.63) is 125 Å². The second kappa shape index (κ2) is 6.98. The molecule has 2 aliphatic rings. The number of aryl methyl sites for hydroxylation is 1. The van der Waals surface area contributed by atoms with Crippen molar-refractivity contribution < 1.29 is 0 Å². The summed E-state index contributed by atoms with van der Waals surface area (Å²) < 4.78 is 2.43. The van der Waals surface area contributed by atoms with Crippen LogP contribution in [-0.2, 0) is 0 Å². The van der Waals surface area contributed by atoms with E-state index in [1.165, 1.54) is 49.7 Å². The fourth-order valence-electron chi connectivity index (χ4n) is 5.74. The van der Waals surface area contributed by atoms with Crippen molar-refractivity contribution in [2.45, 2.75) is 18.9 Å². The van der Waals surface area contributed by atoms with E-state index in [1.54, 1.807) is 0 Å². The topological polar surface area (TPSA) is 8.17 Å². The lowest BCUT2D eigenvalue weighted by molar-refractivity contribution is 0.796. The van der Waals surface area contributed by atoms with E-state index in [0.29, 0.717) is 5.92 Å². The maximum Gasteiger partial charge on any atom is 0.0637 e. The standard InChI is InChI=1S/C31H24N2/c1-21-16-17-25-27-20-30-26(19-31(27)33(29(25)18-21)23-12-6-3-7-13-23)24-14-8-9-15-28(24)32(30)22-10-4-2-5-11-22/h2-20,27,31H,1H3. The molecule has 2 unspecified atom stereocenters. The molecule has 7 rings (SSSR count). The van der Waals surface area contributed by atoms with Gasteiger partial charge in [-0.2, -0.15) is 0 Å². The van der Waals surface area contributed by atoms with Gasteiger partial charge in [-0.05, 0) is 60.5 Å². The fraction of sp³-hybridized carbons (Fsp3) is 0.0968. The van der Waals surface area contributed by atoms with Gasteiger partial charge in [-0.25, -0.2) is 0 Å². The molecule has 0 amide bonds. The Bertz CT molecular complexity index is 1630. The number of rotatable bonds is 2. The maximum atomic E-state index is 2.53. The molecule has 0 fully saturated rings. The molecule has 2 atom stereocenters. The molecule has 0 saturated carbocycles. The second-order valence-corrected chi connectivity index (χ2v) is 9.10. The number of anilines is 2. The van der Waals surface area contributed by atoms with Crippen LogP contribution in [0, 0.1) is 6.92 Å². The minimum absolute atomic E-state index is 0.256. The molecule has 2 nitrogen and oxygen atoms in total. The second-order valence-electron chi connectivity index (χ2n) is 9.10. The summed E-state index contributed by atoms with van der Waals surface area (Å²) in [6, 6.07) is 37.5. The van der Waals surface area contributed by atoms with Gasteiger partial charge in [0.05, 0.1) is 16.9 Å². The molecule has 0 saturated heterocycles. The molecule has 2 heteroatoms. The molecule has 1 aromatic heterocycles. The summed E-state index contributed by atoms with van der Waals surface area (Å²) in [7, 11) is 0. The Morgan fingerprint density at radius 3 is 2.15 bits per heavy atom. The molecular weight excluding hydrogens is 400 g/mol. The van der Waals surface area contributed by atoms with Gasteiger partial charge in [0, 0.05) is 33.6 Å². The highest BCUT2D eigenvalue weighted by Gasteiger charge is 2.38. The van der Waals surface area contributed by atoms with Crippen LogP contribution in [0.5, 0.6) is 0 Å². The minimum Gasteiger partial charge on any atom is -0.333 e. The van der Waals surface area contributed by atoms with Crippen LogP contribution < -0.4 is 15.5 Å². The zero-order valence-electron chi connectivity index (χ0n) is 18.5. The van der Waals surface area contributed by atoms with Crippen LogP contribution >= 0.6 is 0 Å². The first-order valence-electron chi connectivity index (χ1n) is 11.6. The smallest absolute Gasteiger partial charge is 0.0637 e. The van der Waals surface area contributed by atoms with Gasteiger partial charge in [0.2, 0.25) is 0 Å². The SMILES string of the molecule is Cc1ccc2c(c1)N(c1ccccc1)C1C=c3c(n(-c4ccccc4)c4ccccc34)=CC21. The van der Waals surface area contributed by atoms with E-state index >= 15 is 0 Å². The van der Waals surface area contributed by atoms with E-state index in [4.69, 9.17) is 0 Å². The summed E-state index contributed by atoms with van der Waals surface area (Å²) in [5, 5.41) is 3.94. The van der Waals surface area contributed by atoms with E-state index in [0.717, 1.165) is 0 Å². The quantitative estimate of drug-likeness (QED) is 0.347. The minimum atomic E-state index is 0.256. The first-order valence-corrected chi connectivity index (χ1v) is 11.6. The Balaban J connectivity index is 1.56. The Kier molecular flexibility index (Phi) is 3.92. The molecule has 4 aromatic carbocycles. The normalized spacial score (nSPS) is 18.3. The lowest BCUT2D eigenvalue weighted by atomic mass is 9.90. The average molecular weight is 425 g/mol. The molecule has 33 heavy (non-hydrogen) atoms. The van der Waals surface area contributed by atoms with Gasteiger partial charge in [-0.15, -0.1) is 0 Å². The molecule has 1 aliphatic heterocycles. The number of benzene rings is 4. The number of nitrogens with zero attached hydrogens (tertiary/aromatic N) is 2. The average Bonchev–Trinajstić information content (AvgIpc) is 3.35. The van der Waals surface area contributed by atoms with Crippen LogP contribution in [0.3, 0.4) is 0 Å². The van der Waals surface area contributed by atoms with Gasteiger partial charge in [-0.1, -0.05) is 72.8 Å². The van der Waals surface area contributed by atoms with E-state index < -0.39 is 0 Å². The van der Waals surface area contributed by atoms with E-state index in [-0.39, 0.29) is 6.04 Å². The highest BCUT2D eigenvalue weighted by Crippen LogP contribution is 2.47. The molecule has 158 valence electrons. The molecule has 0 spiro atoms. The summed E-state index contributed by atoms with van der Waals surface area (Å²) in [4.78, 5) is 2.53. The number of hydrogen-bond acceptors (Lipinski definition) is 1. The third kappa shape index (κ3) is 2.67. The van der Waals surface area contributed by atoms with Crippen molar-refractivity contribution in [2.75, 3.05) is 4.90 Å². The zero-order valence-corrected chi connectivity index (χ0v) is 18.5. The van der Waals surface area contributed by atoms with E-state index in [1.807, 2.05) is 0 Å². The molecule has 0 bridgehead atoms. The van der Waals surface area contributed by atoms with Gasteiger partial charge in [0.1, 0.15) is 0 Å². The van der Waals surface area contributed by atoms with Gasteiger partial charge < -0.3 is 9.47 Å². The summed E-state index contributed by atoms with van der Waals surface area (Å²) in [5.41, 5.74) is 7.74. The van der Waals surface area contributed by atoms with Gasteiger partial charge >= 0.3 is 0 Å². The predicted octanol–water partition coefficient (Wildman–Crippen LogP) is 5.82. The van der Waals surface area contributed by atoms with Crippen LogP contribution in [-0.4, -0.2) is 10.6 Å². The molecular formula is C31H24N2. The third-order valence-electron chi connectivity index (χ3n) is 7.15. The largest absolute Gasteiger partial charge is 0.333 e. The molecule has 1 aliphatic carbocycles. The zero-order chi connectivity index (χ0) is 21.9. The van der Waals surface area contributed by atoms with E-state index in [9.17, 15) is 0 Å². The van der Waals surface area contributed by atoms with Crippen LogP contribution in [0.25, 0.3) is 28.7 Å². The first-order chi connectivity index (χ1) is 16.3. The maximum absolute atomic E-state index is 2.53. The number of fused-ring (bicyclic) bond motifs is 6. The Labute approximate surface area is 193 Å². The summed E-state index contributed by atoms with van der Waals surface area (Å²) in [6.07, 6.45) is 5.01. The van der Waals surface area contributed by atoms with Gasteiger partial charge in [0.25, 0.3) is 0 Å². The van der Waals surface area contributed by atoms with Gasteiger partial charge in [-0.3, -0.25) is 0 Å². The molecule has 5 aromatic rings. The Hall–Kier alpha value is -4.04. The van der Waals surface area contributed by atoms with Crippen LogP contribution in [0.2, 0.25) is 0 Å². The van der Waals surface area contributed by atoms with Crippen molar-refractivity contribution in [2.24, 2.45) is 0 Å². The Morgan fingerprint density at radius 1 is 0.667 bits per heavy atom. The van der Waals surface area contributed by atoms with Crippen molar-refractivity contribution in [1.82, 2.24) is 4.57 Å². The lowest BCUT2D eigenvalue weighted by Gasteiger charge is -2.29. The van der Waals surface area contributed by atoms with E-state index in [2.05, 4.69) is 132 Å². The summed E-state index contributed by atoms with van der Waals surface area (Å²) in [5.74, 6) is 0.306. The van der Waals surface area contributed by atoms with Gasteiger partial charge in [0.15, 0.2) is 0 Å². The Morgan fingerprint density at radius 2 is 1.36 bits per heavy atom. The van der Waals surface area contributed by atoms with Crippen molar-refractivity contribution in [1.29, 1.82) is 0 Å². The number of hydrogen-bond donors (Lipinski definition) is 0. The summed E-state index contributed by atoms with van der Waals surface area (Å²) >= 11 is 0.